The van der Waals surface area contributed by atoms with Gasteiger partial charge in [0.2, 0.25) is 0 Å². The average Bonchev–Trinajstić information content (AvgIpc) is 2.43. The Morgan fingerprint density at radius 3 is 2.63 bits per heavy atom. The number of aliphatic hydroxyl groups excluding tert-OH is 1. The highest BCUT2D eigenvalue weighted by molar-refractivity contribution is 5.74. The van der Waals surface area contributed by atoms with E-state index in [0.29, 0.717) is 6.54 Å². The minimum Gasteiger partial charge on any atom is -0.384 e. The highest BCUT2D eigenvalue weighted by atomic mass is 16.2. The topological polar surface area (TPSA) is 61.4 Å². The fourth-order valence-corrected chi connectivity index (χ4v) is 1.57. The molecule has 4 nitrogen and oxygen atoms in total. The Labute approximate surface area is 114 Å². The largest absolute Gasteiger partial charge is 0.384 e. The minimum atomic E-state index is -0.154. The summed E-state index contributed by atoms with van der Waals surface area (Å²) in [5.74, 6) is 5.42. The van der Waals surface area contributed by atoms with Crippen molar-refractivity contribution in [3.05, 3.63) is 35.4 Å². The third-order valence-corrected chi connectivity index (χ3v) is 2.61. The highest BCUT2D eigenvalue weighted by Crippen LogP contribution is 2.12. The first kappa shape index (κ1) is 15.1. The first-order chi connectivity index (χ1) is 9.17. The fraction of sp³-hybridized carbons (Fsp3) is 0.400. The van der Waals surface area contributed by atoms with Crippen molar-refractivity contribution in [2.24, 2.45) is 0 Å². The van der Waals surface area contributed by atoms with Gasteiger partial charge in [0.1, 0.15) is 6.61 Å². The van der Waals surface area contributed by atoms with Crippen LogP contribution in [0.1, 0.15) is 37.4 Å². The van der Waals surface area contributed by atoms with Gasteiger partial charge in [-0.25, -0.2) is 4.79 Å². The Hall–Kier alpha value is -1.99. The normalized spacial score (nSPS) is 11.1. The summed E-state index contributed by atoms with van der Waals surface area (Å²) < 4.78 is 0. The van der Waals surface area contributed by atoms with Crippen LogP contribution in [0, 0.1) is 11.8 Å². The van der Waals surface area contributed by atoms with Gasteiger partial charge < -0.3 is 15.7 Å². The van der Waals surface area contributed by atoms with E-state index in [0.717, 1.165) is 17.5 Å². The van der Waals surface area contributed by atoms with E-state index in [1.54, 1.807) is 0 Å². The summed E-state index contributed by atoms with van der Waals surface area (Å²) >= 11 is 0. The zero-order valence-electron chi connectivity index (χ0n) is 11.4. The first-order valence-corrected chi connectivity index (χ1v) is 6.41. The quantitative estimate of drug-likeness (QED) is 0.723. The molecule has 0 aliphatic heterocycles. The molecule has 19 heavy (non-hydrogen) atoms. The van der Waals surface area contributed by atoms with Crippen LogP contribution in [-0.4, -0.2) is 24.3 Å². The number of benzene rings is 1. The van der Waals surface area contributed by atoms with Crippen molar-refractivity contribution in [1.82, 2.24) is 10.6 Å². The second-order valence-electron chi connectivity index (χ2n) is 4.20. The summed E-state index contributed by atoms with van der Waals surface area (Å²) in [6.07, 6.45) is 0.917. The molecular weight excluding hydrogens is 240 g/mol. The molecule has 1 rings (SSSR count). The van der Waals surface area contributed by atoms with Crippen LogP contribution in [0.15, 0.2) is 24.3 Å². The molecular formula is C15H20N2O2. The lowest BCUT2D eigenvalue weighted by molar-refractivity contribution is 0.238. The predicted octanol–water partition coefficient (Wildman–Crippen LogP) is 1.80. The molecule has 0 aliphatic carbocycles. The number of amides is 2. The summed E-state index contributed by atoms with van der Waals surface area (Å²) in [5, 5.41) is 14.3. The Balaban J connectivity index is 2.57. The van der Waals surface area contributed by atoms with Crippen LogP contribution in [0.25, 0.3) is 0 Å². The molecule has 1 atom stereocenters. The van der Waals surface area contributed by atoms with E-state index in [1.165, 1.54) is 0 Å². The lowest BCUT2D eigenvalue weighted by Gasteiger charge is -2.14. The molecule has 0 fully saturated rings. The molecule has 1 aromatic rings. The Morgan fingerprint density at radius 1 is 1.37 bits per heavy atom. The van der Waals surface area contributed by atoms with Gasteiger partial charge in [-0.15, -0.1) is 0 Å². The summed E-state index contributed by atoms with van der Waals surface area (Å²) in [6.45, 7) is 4.47. The molecule has 0 saturated carbocycles. The van der Waals surface area contributed by atoms with Crippen molar-refractivity contribution in [1.29, 1.82) is 0 Å². The molecule has 0 aliphatic rings. The number of aliphatic hydroxyl groups is 1. The van der Waals surface area contributed by atoms with Crippen LogP contribution in [0.4, 0.5) is 4.79 Å². The smallest absolute Gasteiger partial charge is 0.315 e. The SMILES string of the molecule is CCCNC(=O)NC(C)c1ccc(C#CCO)cc1. The van der Waals surface area contributed by atoms with Crippen molar-refractivity contribution >= 4 is 6.03 Å². The average molecular weight is 260 g/mol. The summed E-state index contributed by atoms with van der Waals surface area (Å²) in [4.78, 5) is 11.5. The van der Waals surface area contributed by atoms with E-state index >= 15 is 0 Å². The van der Waals surface area contributed by atoms with Crippen LogP contribution in [0.5, 0.6) is 0 Å². The maximum Gasteiger partial charge on any atom is 0.315 e. The molecule has 2 amide bonds. The molecule has 0 radical (unpaired) electrons. The van der Waals surface area contributed by atoms with Gasteiger partial charge in [-0.05, 0) is 31.0 Å². The maximum atomic E-state index is 11.5. The number of carbonyl (C=O) groups is 1. The molecule has 102 valence electrons. The van der Waals surface area contributed by atoms with E-state index < -0.39 is 0 Å². The Bertz CT molecular complexity index is 457. The zero-order valence-corrected chi connectivity index (χ0v) is 11.4. The molecule has 0 spiro atoms. The van der Waals surface area contributed by atoms with Gasteiger partial charge in [-0.2, -0.15) is 0 Å². The van der Waals surface area contributed by atoms with E-state index in [9.17, 15) is 4.79 Å². The van der Waals surface area contributed by atoms with Crippen LogP contribution in [0.3, 0.4) is 0 Å². The van der Waals surface area contributed by atoms with Gasteiger partial charge in [-0.3, -0.25) is 0 Å². The second kappa shape index (κ2) is 8.17. The number of hydrogen-bond acceptors (Lipinski definition) is 2. The number of nitrogens with one attached hydrogen (secondary N) is 2. The fourth-order valence-electron chi connectivity index (χ4n) is 1.57. The van der Waals surface area contributed by atoms with E-state index in [1.807, 2.05) is 38.1 Å². The number of urea groups is 1. The summed E-state index contributed by atoms with van der Waals surface area (Å²) in [6, 6.07) is 7.38. The van der Waals surface area contributed by atoms with Gasteiger partial charge >= 0.3 is 6.03 Å². The molecule has 0 heterocycles. The number of rotatable bonds is 4. The van der Waals surface area contributed by atoms with Gasteiger partial charge in [0.05, 0.1) is 6.04 Å². The molecule has 3 N–H and O–H groups in total. The lowest BCUT2D eigenvalue weighted by Crippen LogP contribution is -2.37. The monoisotopic (exact) mass is 260 g/mol. The minimum absolute atomic E-state index is 0.0586. The number of hydrogen-bond donors (Lipinski definition) is 3. The Kier molecular flexibility index (Phi) is 6.48. The van der Waals surface area contributed by atoms with E-state index in [4.69, 9.17) is 5.11 Å². The van der Waals surface area contributed by atoms with Crippen LogP contribution >= 0.6 is 0 Å². The third-order valence-electron chi connectivity index (χ3n) is 2.61. The molecule has 0 saturated heterocycles. The van der Waals surface area contributed by atoms with Crippen molar-refractivity contribution in [3.8, 4) is 11.8 Å². The lowest BCUT2D eigenvalue weighted by atomic mass is 10.1. The predicted molar refractivity (Wildman–Crippen MR) is 75.6 cm³/mol. The van der Waals surface area contributed by atoms with Crippen molar-refractivity contribution in [3.63, 3.8) is 0 Å². The van der Waals surface area contributed by atoms with Crippen LogP contribution < -0.4 is 10.6 Å². The molecule has 0 aromatic heterocycles. The van der Waals surface area contributed by atoms with Crippen molar-refractivity contribution < 1.29 is 9.90 Å². The van der Waals surface area contributed by atoms with Crippen LogP contribution in [0.2, 0.25) is 0 Å². The first-order valence-electron chi connectivity index (χ1n) is 6.41. The van der Waals surface area contributed by atoms with Crippen molar-refractivity contribution in [2.75, 3.05) is 13.2 Å². The molecule has 4 heteroatoms. The maximum absolute atomic E-state index is 11.5. The van der Waals surface area contributed by atoms with Crippen LogP contribution in [-0.2, 0) is 0 Å². The second-order valence-corrected chi connectivity index (χ2v) is 4.20. The third kappa shape index (κ3) is 5.45. The van der Waals surface area contributed by atoms with Gasteiger partial charge in [-0.1, -0.05) is 30.9 Å². The summed E-state index contributed by atoms with van der Waals surface area (Å²) in [7, 11) is 0. The van der Waals surface area contributed by atoms with Gasteiger partial charge in [0.15, 0.2) is 0 Å². The Morgan fingerprint density at radius 2 is 2.05 bits per heavy atom. The standard InChI is InChI=1S/C15H20N2O2/c1-3-10-16-15(19)17-12(2)14-8-6-13(7-9-14)5-4-11-18/h6-9,12,18H,3,10-11H2,1-2H3,(H2,16,17,19). The van der Waals surface area contributed by atoms with E-state index in [-0.39, 0.29) is 18.7 Å². The molecule has 1 unspecified atom stereocenters. The zero-order chi connectivity index (χ0) is 14.1. The summed E-state index contributed by atoms with van der Waals surface area (Å²) in [5.41, 5.74) is 1.86. The van der Waals surface area contributed by atoms with E-state index in [2.05, 4.69) is 22.5 Å². The highest BCUT2D eigenvalue weighted by Gasteiger charge is 2.08. The van der Waals surface area contributed by atoms with Gasteiger partial charge in [0, 0.05) is 12.1 Å². The van der Waals surface area contributed by atoms with Crippen molar-refractivity contribution in [2.45, 2.75) is 26.3 Å². The van der Waals surface area contributed by atoms with Gasteiger partial charge in [0.25, 0.3) is 0 Å². The molecule has 1 aromatic carbocycles. The molecule has 0 bridgehead atoms. The number of carbonyl (C=O) groups excluding carboxylic acids is 1.